The van der Waals surface area contributed by atoms with Crippen molar-refractivity contribution < 1.29 is 4.79 Å². The molecule has 0 spiro atoms. The molecule has 0 heterocycles. The Kier molecular flexibility index (Phi) is 2.68. The molecule has 1 amide bonds. The minimum absolute atomic E-state index is 0.0360. The van der Waals surface area contributed by atoms with Crippen LogP contribution in [0.1, 0.15) is 17.9 Å². The van der Waals surface area contributed by atoms with Gasteiger partial charge in [0, 0.05) is 5.92 Å². The molecule has 78 valence electrons. The van der Waals surface area contributed by atoms with Gasteiger partial charge in [-0.15, -0.1) is 0 Å². The third kappa shape index (κ3) is 2.33. The Morgan fingerprint density at radius 3 is 2.67 bits per heavy atom. The molecule has 1 saturated carbocycles. The predicted molar refractivity (Wildman–Crippen MR) is 62.2 cm³/mol. The minimum atomic E-state index is -0.0589. The van der Waals surface area contributed by atoms with E-state index < -0.39 is 0 Å². The van der Waals surface area contributed by atoms with E-state index in [2.05, 4.69) is 17.5 Å². The lowest BCUT2D eigenvalue weighted by molar-refractivity contribution is -0.120. The summed E-state index contributed by atoms with van der Waals surface area (Å²) in [5.74, 6) is 0.311. The van der Waals surface area contributed by atoms with E-state index in [0.29, 0.717) is 5.92 Å². The van der Waals surface area contributed by atoms with Gasteiger partial charge in [0.1, 0.15) is 0 Å². The Balaban J connectivity index is 1.97. The molecule has 2 rings (SSSR count). The number of thiocarbonyl (C=S) groups is 1. The SMILES string of the molecule is NC(=S)NC(=O)[C@H]1C[C@@H]1c1ccccc1. The number of carbonyl (C=O) groups is 1. The van der Waals surface area contributed by atoms with Gasteiger partial charge in [-0.3, -0.25) is 4.79 Å². The minimum Gasteiger partial charge on any atom is -0.376 e. The quantitative estimate of drug-likeness (QED) is 0.735. The summed E-state index contributed by atoms with van der Waals surface area (Å²) < 4.78 is 0. The number of amides is 1. The van der Waals surface area contributed by atoms with Gasteiger partial charge in [0.15, 0.2) is 5.11 Å². The van der Waals surface area contributed by atoms with E-state index in [0.717, 1.165) is 6.42 Å². The summed E-state index contributed by atoms with van der Waals surface area (Å²) in [4.78, 5) is 11.5. The molecule has 1 aliphatic rings. The van der Waals surface area contributed by atoms with Gasteiger partial charge in [-0.25, -0.2) is 0 Å². The van der Waals surface area contributed by atoms with E-state index in [1.54, 1.807) is 0 Å². The van der Waals surface area contributed by atoms with Crippen molar-refractivity contribution in [2.24, 2.45) is 11.7 Å². The molecular formula is C11H12N2OS. The summed E-state index contributed by atoms with van der Waals surface area (Å²) >= 11 is 4.62. The van der Waals surface area contributed by atoms with Crippen molar-refractivity contribution in [1.82, 2.24) is 5.32 Å². The second kappa shape index (κ2) is 3.98. The molecule has 1 aromatic rings. The standard InChI is InChI=1S/C11H12N2OS/c12-11(15)13-10(14)9-6-8(9)7-4-2-1-3-5-7/h1-5,8-9H,6H2,(H3,12,13,14,15)/t8-,9+/m1/s1. The zero-order valence-electron chi connectivity index (χ0n) is 8.14. The Hall–Kier alpha value is -1.42. The highest BCUT2D eigenvalue weighted by Gasteiger charge is 2.43. The third-order valence-electron chi connectivity index (χ3n) is 2.60. The molecule has 0 aliphatic heterocycles. The average Bonchev–Trinajstić information content (AvgIpc) is 2.97. The van der Waals surface area contributed by atoms with Crippen molar-refractivity contribution in [3.05, 3.63) is 35.9 Å². The summed E-state index contributed by atoms with van der Waals surface area (Å²) in [6.45, 7) is 0. The fourth-order valence-corrected chi connectivity index (χ4v) is 1.87. The number of nitrogens with one attached hydrogen (secondary N) is 1. The lowest BCUT2D eigenvalue weighted by Gasteiger charge is -2.01. The largest absolute Gasteiger partial charge is 0.376 e. The Morgan fingerprint density at radius 1 is 1.40 bits per heavy atom. The third-order valence-corrected chi connectivity index (χ3v) is 2.70. The van der Waals surface area contributed by atoms with Crippen molar-refractivity contribution in [1.29, 1.82) is 0 Å². The Morgan fingerprint density at radius 2 is 2.07 bits per heavy atom. The number of hydrogen-bond donors (Lipinski definition) is 2. The molecule has 0 radical (unpaired) electrons. The van der Waals surface area contributed by atoms with E-state index in [1.807, 2.05) is 30.3 Å². The zero-order valence-corrected chi connectivity index (χ0v) is 8.96. The summed E-state index contributed by atoms with van der Waals surface area (Å²) in [5.41, 5.74) is 6.45. The number of carbonyl (C=O) groups excluding carboxylic acids is 1. The fourth-order valence-electron chi connectivity index (χ4n) is 1.77. The second-order valence-electron chi connectivity index (χ2n) is 3.71. The van der Waals surface area contributed by atoms with Crippen LogP contribution in [0, 0.1) is 5.92 Å². The molecule has 0 bridgehead atoms. The summed E-state index contributed by atoms with van der Waals surface area (Å²) in [7, 11) is 0. The maximum absolute atomic E-state index is 11.5. The zero-order chi connectivity index (χ0) is 10.8. The first-order valence-corrected chi connectivity index (χ1v) is 5.24. The molecule has 3 N–H and O–H groups in total. The van der Waals surface area contributed by atoms with Crippen LogP contribution in [0.3, 0.4) is 0 Å². The first kappa shape index (κ1) is 10.1. The van der Waals surface area contributed by atoms with Crippen molar-refractivity contribution in [3.63, 3.8) is 0 Å². The number of benzene rings is 1. The van der Waals surface area contributed by atoms with Gasteiger partial charge in [0.2, 0.25) is 5.91 Å². The highest BCUT2D eigenvalue weighted by molar-refractivity contribution is 7.80. The summed E-state index contributed by atoms with van der Waals surface area (Å²) in [5, 5.41) is 2.53. The van der Waals surface area contributed by atoms with Crippen molar-refractivity contribution in [2.45, 2.75) is 12.3 Å². The monoisotopic (exact) mass is 220 g/mol. The van der Waals surface area contributed by atoms with E-state index in [9.17, 15) is 4.79 Å². The number of nitrogens with two attached hydrogens (primary N) is 1. The normalized spacial score (nSPS) is 23.2. The van der Waals surface area contributed by atoms with Gasteiger partial charge < -0.3 is 11.1 Å². The molecule has 15 heavy (non-hydrogen) atoms. The second-order valence-corrected chi connectivity index (χ2v) is 4.15. The molecule has 3 nitrogen and oxygen atoms in total. The summed E-state index contributed by atoms with van der Waals surface area (Å²) in [6, 6.07) is 10.0. The highest BCUT2D eigenvalue weighted by Crippen LogP contribution is 2.47. The lowest BCUT2D eigenvalue weighted by atomic mass is 10.1. The Bertz CT molecular complexity index is 391. The average molecular weight is 220 g/mol. The van der Waals surface area contributed by atoms with Gasteiger partial charge in [-0.05, 0) is 30.1 Å². The first-order valence-electron chi connectivity index (χ1n) is 4.83. The van der Waals surface area contributed by atoms with Crippen LogP contribution in [0.15, 0.2) is 30.3 Å². The molecular weight excluding hydrogens is 208 g/mol. The molecule has 1 aliphatic carbocycles. The van der Waals surface area contributed by atoms with Gasteiger partial charge in [0.05, 0.1) is 0 Å². The van der Waals surface area contributed by atoms with Crippen LogP contribution in [0.25, 0.3) is 0 Å². The van der Waals surface area contributed by atoms with E-state index in [4.69, 9.17) is 5.73 Å². The lowest BCUT2D eigenvalue weighted by Crippen LogP contribution is -2.36. The van der Waals surface area contributed by atoms with Crippen LogP contribution in [-0.4, -0.2) is 11.0 Å². The molecule has 1 aromatic carbocycles. The van der Waals surface area contributed by atoms with Crippen LogP contribution < -0.4 is 11.1 Å². The molecule has 0 saturated heterocycles. The molecule has 1 fully saturated rings. The number of hydrogen-bond acceptors (Lipinski definition) is 2. The maximum atomic E-state index is 11.5. The maximum Gasteiger partial charge on any atom is 0.229 e. The first-order chi connectivity index (χ1) is 7.18. The molecule has 4 heteroatoms. The van der Waals surface area contributed by atoms with Gasteiger partial charge >= 0.3 is 0 Å². The fraction of sp³-hybridized carbons (Fsp3) is 0.273. The topological polar surface area (TPSA) is 55.1 Å². The van der Waals surface area contributed by atoms with Crippen molar-refractivity contribution in [3.8, 4) is 0 Å². The number of rotatable bonds is 2. The van der Waals surface area contributed by atoms with E-state index >= 15 is 0 Å². The van der Waals surface area contributed by atoms with Crippen LogP contribution in [0.4, 0.5) is 0 Å². The van der Waals surface area contributed by atoms with Crippen LogP contribution in [-0.2, 0) is 4.79 Å². The molecule has 0 unspecified atom stereocenters. The molecule has 2 atom stereocenters. The summed E-state index contributed by atoms with van der Waals surface area (Å²) in [6.07, 6.45) is 0.887. The smallest absolute Gasteiger partial charge is 0.229 e. The van der Waals surface area contributed by atoms with Gasteiger partial charge in [-0.1, -0.05) is 30.3 Å². The highest BCUT2D eigenvalue weighted by atomic mass is 32.1. The molecule has 0 aromatic heterocycles. The van der Waals surface area contributed by atoms with Crippen LogP contribution >= 0.6 is 12.2 Å². The van der Waals surface area contributed by atoms with Crippen molar-refractivity contribution >= 4 is 23.2 Å². The van der Waals surface area contributed by atoms with Crippen molar-refractivity contribution in [2.75, 3.05) is 0 Å². The van der Waals surface area contributed by atoms with Gasteiger partial charge in [-0.2, -0.15) is 0 Å². The van der Waals surface area contributed by atoms with Crippen LogP contribution in [0.2, 0.25) is 0 Å². The Labute approximate surface area is 93.7 Å². The van der Waals surface area contributed by atoms with E-state index in [1.165, 1.54) is 5.56 Å². The van der Waals surface area contributed by atoms with Gasteiger partial charge in [0.25, 0.3) is 0 Å². The predicted octanol–water partition coefficient (Wildman–Crippen LogP) is 1.15. The van der Waals surface area contributed by atoms with E-state index in [-0.39, 0.29) is 16.9 Å². The van der Waals surface area contributed by atoms with Crippen LogP contribution in [0.5, 0.6) is 0 Å².